The van der Waals surface area contributed by atoms with E-state index in [0.717, 1.165) is 5.56 Å². The van der Waals surface area contributed by atoms with Crippen molar-refractivity contribution in [1.82, 2.24) is 0 Å². The van der Waals surface area contributed by atoms with Gasteiger partial charge in [0.1, 0.15) is 12.4 Å². The SMILES string of the molecule is COc1ccc(COc2ccc(CN)c(Cl)c2)cc1F. The highest BCUT2D eigenvalue weighted by Crippen LogP contribution is 2.24. The Balaban J connectivity index is 2.05. The molecule has 0 unspecified atom stereocenters. The van der Waals surface area contributed by atoms with Crippen LogP contribution in [-0.4, -0.2) is 7.11 Å². The largest absolute Gasteiger partial charge is 0.494 e. The van der Waals surface area contributed by atoms with Crippen molar-refractivity contribution in [1.29, 1.82) is 0 Å². The zero-order valence-electron chi connectivity index (χ0n) is 11.0. The van der Waals surface area contributed by atoms with Gasteiger partial charge in [0.05, 0.1) is 7.11 Å². The van der Waals surface area contributed by atoms with Crippen molar-refractivity contribution >= 4 is 11.6 Å². The van der Waals surface area contributed by atoms with Gasteiger partial charge in [-0.15, -0.1) is 0 Å². The van der Waals surface area contributed by atoms with Crippen LogP contribution in [-0.2, 0) is 13.2 Å². The number of ether oxygens (including phenoxy) is 2. The van der Waals surface area contributed by atoms with Crippen LogP contribution in [0.15, 0.2) is 36.4 Å². The molecule has 0 saturated heterocycles. The topological polar surface area (TPSA) is 44.5 Å². The highest BCUT2D eigenvalue weighted by atomic mass is 35.5. The van der Waals surface area contributed by atoms with E-state index in [1.165, 1.54) is 13.2 Å². The molecule has 0 aliphatic heterocycles. The second kappa shape index (κ2) is 6.59. The molecule has 0 aliphatic rings. The fraction of sp³-hybridized carbons (Fsp3) is 0.200. The van der Waals surface area contributed by atoms with Crippen molar-refractivity contribution in [3.8, 4) is 11.5 Å². The molecule has 0 saturated carbocycles. The minimum Gasteiger partial charge on any atom is -0.494 e. The Morgan fingerprint density at radius 2 is 2.00 bits per heavy atom. The average Bonchev–Trinajstić information content (AvgIpc) is 2.45. The van der Waals surface area contributed by atoms with Crippen LogP contribution >= 0.6 is 11.6 Å². The molecule has 5 heteroatoms. The molecule has 0 amide bonds. The maximum Gasteiger partial charge on any atom is 0.165 e. The van der Waals surface area contributed by atoms with Crippen molar-refractivity contribution in [3.63, 3.8) is 0 Å². The molecule has 0 bridgehead atoms. The molecule has 0 atom stereocenters. The summed E-state index contributed by atoms with van der Waals surface area (Å²) in [5, 5.41) is 0.561. The van der Waals surface area contributed by atoms with Crippen LogP contribution in [0.1, 0.15) is 11.1 Å². The van der Waals surface area contributed by atoms with Crippen LogP contribution in [0.25, 0.3) is 0 Å². The Morgan fingerprint density at radius 3 is 2.60 bits per heavy atom. The van der Waals surface area contributed by atoms with Gasteiger partial charge in [0.25, 0.3) is 0 Å². The van der Waals surface area contributed by atoms with E-state index in [4.69, 9.17) is 26.8 Å². The van der Waals surface area contributed by atoms with Crippen LogP contribution in [0.3, 0.4) is 0 Å². The van der Waals surface area contributed by atoms with E-state index in [-0.39, 0.29) is 12.4 Å². The van der Waals surface area contributed by atoms with Gasteiger partial charge in [0, 0.05) is 11.6 Å². The van der Waals surface area contributed by atoms with Gasteiger partial charge in [-0.2, -0.15) is 0 Å². The van der Waals surface area contributed by atoms with E-state index < -0.39 is 5.82 Å². The summed E-state index contributed by atoms with van der Waals surface area (Å²) in [6.07, 6.45) is 0. The van der Waals surface area contributed by atoms with Crippen molar-refractivity contribution in [3.05, 3.63) is 58.4 Å². The molecule has 2 aromatic rings. The van der Waals surface area contributed by atoms with Gasteiger partial charge in [-0.3, -0.25) is 0 Å². The molecule has 0 spiro atoms. The van der Waals surface area contributed by atoms with E-state index in [1.807, 2.05) is 6.07 Å². The summed E-state index contributed by atoms with van der Waals surface area (Å²) in [6, 6.07) is 9.99. The van der Waals surface area contributed by atoms with Crippen LogP contribution in [0.5, 0.6) is 11.5 Å². The first-order chi connectivity index (χ1) is 9.63. The van der Waals surface area contributed by atoms with Gasteiger partial charge in [-0.1, -0.05) is 23.7 Å². The van der Waals surface area contributed by atoms with E-state index in [0.29, 0.717) is 22.9 Å². The standard InChI is InChI=1S/C15H15ClFNO2/c1-19-15-5-2-10(6-14(15)17)9-20-12-4-3-11(8-18)13(16)7-12/h2-7H,8-9,18H2,1H3. The first-order valence-electron chi connectivity index (χ1n) is 6.07. The van der Waals surface area contributed by atoms with E-state index in [2.05, 4.69) is 0 Å². The molecule has 0 radical (unpaired) electrons. The summed E-state index contributed by atoms with van der Waals surface area (Å²) in [7, 11) is 1.43. The summed E-state index contributed by atoms with van der Waals surface area (Å²) < 4.78 is 24.0. The molecular formula is C15H15ClFNO2. The van der Waals surface area contributed by atoms with Gasteiger partial charge in [0.2, 0.25) is 0 Å². The number of methoxy groups -OCH3 is 1. The summed E-state index contributed by atoms with van der Waals surface area (Å²) in [5.74, 6) is 0.414. The zero-order valence-corrected chi connectivity index (χ0v) is 11.8. The van der Waals surface area contributed by atoms with Gasteiger partial charge in [-0.05, 0) is 35.4 Å². The number of nitrogens with two attached hydrogens (primary N) is 1. The molecule has 3 nitrogen and oxygen atoms in total. The Kier molecular flexibility index (Phi) is 4.82. The van der Waals surface area contributed by atoms with Gasteiger partial charge >= 0.3 is 0 Å². The lowest BCUT2D eigenvalue weighted by Gasteiger charge is -2.09. The minimum atomic E-state index is -0.412. The maximum absolute atomic E-state index is 13.5. The second-order valence-corrected chi connectivity index (χ2v) is 4.62. The van der Waals surface area contributed by atoms with Gasteiger partial charge in [0.15, 0.2) is 11.6 Å². The van der Waals surface area contributed by atoms with Crippen LogP contribution in [0, 0.1) is 5.82 Å². The zero-order chi connectivity index (χ0) is 14.5. The minimum absolute atomic E-state index is 0.212. The molecule has 0 fully saturated rings. The Bertz CT molecular complexity index is 551. The summed E-state index contributed by atoms with van der Waals surface area (Å²) >= 11 is 6.04. The highest BCUT2D eigenvalue weighted by Gasteiger charge is 2.05. The van der Waals surface area contributed by atoms with Crippen molar-refractivity contribution < 1.29 is 13.9 Å². The Hall–Kier alpha value is -1.78. The molecule has 2 rings (SSSR count). The van der Waals surface area contributed by atoms with Crippen LogP contribution in [0.4, 0.5) is 4.39 Å². The number of hydrogen-bond donors (Lipinski definition) is 1. The van der Waals surface area contributed by atoms with E-state index in [9.17, 15) is 4.39 Å². The summed E-state index contributed by atoms with van der Waals surface area (Å²) in [4.78, 5) is 0. The third-order valence-corrected chi connectivity index (χ3v) is 3.22. The third kappa shape index (κ3) is 3.40. The summed E-state index contributed by atoms with van der Waals surface area (Å²) in [6.45, 7) is 0.627. The molecule has 2 N–H and O–H groups in total. The first kappa shape index (κ1) is 14.6. The second-order valence-electron chi connectivity index (χ2n) is 4.21. The highest BCUT2D eigenvalue weighted by molar-refractivity contribution is 6.31. The lowest BCUT2D eigenvalue weighted by atomic mass is 10.2. The molecular weight excluding hydrogens is 281 g/mol. The van der Waals surface area contributed by atoms with E-state index >= 15 is 0 Å². The molecule has 0 aliphatic carbocycles. The Morgan fingerprint density at radius 1 is 1.20 bits per heavy atom. The monoisotopic (exact) mass is 295 g/mol. The maximum atomic E-state index is 13.5. The molecule has 0 heterocycles. The number of benzene rings is 2. The van der Waals surface area contributed by atoms with Gasteiger partial charge < -0.3 is 15.2 Å². The third-order valence-electron chi connectivity index (χ3n) is 2.87. The molecule has 106 valence electrons. The predicted octanol–water partition coefficient (Wildman–Crippen LogP) is 3.53. The fourth-order valence-electron chi connectivity index (χ4n) is 1.75. The lowest BCUT2D eigenvalue weighted by molar-refractivity contribution is 0.304. The number of hydrogen-bond acceptors (Lipinski definition) is 3. The predicted molar refractivity (Wildman–Crippen MR) is 76.6 cm³/mol. The van der Waals surface area contributed by atoms with E-state index in [1.54, 1.807) is 24.3 Å². The molecule has 0 aromatic heterocycles. The van der Waals surface area contributed by atoms with Crippen molar-refractivity contribution in [2.75, 3.05) is 7.11 Å². The first-order valence-corrected chi connectivity index (χ1v) is 6.45. The molecule has 20 heavy (non-hydrogen) atoms. The number of halogens is 2. The normalized spacial score (nSPS) is 10.4. The summed E-state index contributed by atoms with van der Waals surface area (Å²) in [5.41, 5.74) is 7.10. The molecule has 2 aromatic carbocycles. The Labute approximate surface area is 122 Å². The van der Waals surface area contributed by atoms with Gasteiger partial charge in [-0.25, -0.2) is 4.39 Å². The number of rotatable bonds is 5. The van der Waals surface area contributed by atoms with Crippen LogP contribution in [0.2, 0.25) is 5.02 Å². The van der Waals surface area contributed by atoms with Crippen molar-refractivity contribution in [2.45, 2.75) is 13.2 Å². The van der Waals surface area contributed by atoms with Crippen molar-refractivity contribution in [2.24, 2.45) is 5.73 Å². The smallest absolute Gasteiger partial charge is 0.165 e. The quantitative estimate of drug-likeness (QED) is 0.918. The average molecular weight is 296 g/mol. The fourth-order valence-corrected chi connectivity index (χ4v) is 2.00. The van der Waals surface area contributed by atoms with Crippen LogP contribution < -0.4 is 15.2 Å². The lowest BCUT2D eigenvalue weighted by Crippen LogP contribution is -1.99.